The molecule has 2 heterocycles. The summed E-state index contributed by atoms with van der Waals surface area (Å²) in [5.41, 5.74) is 2.74. The van der Waals surface area contributed by atoms with Gasteiger partial charge in [-0.25, -0.2) is 4.79 Å². The Labute approximate surface area is 190 Å². The number of aliphatic hydroxyl groups is 1. The lowest BCUT2D eigenvalue weighted by atomic mass is 9.80. The smallest absolute Gasteiger partial charge is 0.411 e. The molecular formula is C27H33NO4. The summed E-state index contributed by atoms with van der Waals surface area (Å²) >= 11 is 0. The largest absolute Gasteiger partial charge is 0.438 e. The average Bonchev–Trinajstić information content (AvgIpc) is 2.79. The lowest BCUT2D eigenvalue weighted by Crippen LogP contribution is -2.51. The fraction of sp³-hybridized carbons (Fsp3) is 0.444. The van der Waals surface area contributed by atoms with E-state index >= 15 is 0 Å². The maximum atomic E-state index is 13.2. The minimum atomic E-state index is -0.960. The highest BCUT2D eigenvalue weighted by atomic mass is 16.6. The SMILES string of the molecule is CC(c1ccc(C2=CCOCC2)cc1)N1CCC(CC(C)(C)O)(c2ccccc2)OC1=O. The minimum Gasteiger partial charge on any atom is -0.438 e. The molecule has 2 atom stereocenters. The first kappa shape index (κ1) is 22.6. The Morgan fingerprint density at radius 2 is 1.84 bits per heavy atom. The van der Waals surface area contributed by atoms with Crippen molar-refractivity contribution >= 4 is 11.7 Å². The van der Waals surface area contributed by atoms with E-state index in [1.807, 2.05) is 37.3 Å². The molecule has 1 fully saturated rings. The molecule has 0 bridgehead atoms. The zero-order chi connectivity index (χ0) is 22.8. The van der Waals surface area contributed by atoms with Crippen molar-refractivity contribution in [2.24, 2.45) is 0 Å². The van der Waals surface area contributed by atoms with Crippen molar-refractivity contribution in [1.29, 1.82) is 0 Å². The maximum Gasteiger partial charge on any atom is 0.411 e. The molecule has 0 aliphatic carbocycles. The van der Waals surface area contributed by atoms with E-state index in [4.69, 9.17) is 9.47 Å². The molecule has 0 radical (unpaired) electrons. The van der Waals surface area contributed by atoms with Crippen molar-refractivity contribution in [1.82, 2.24) is 4.90 Å². The van der Waals surface area contributed by atoms with Crippen LogP contribution in [-0.2, 0) is 15.1 Å². The summed E-state index contributed by atoms with van der Waals surface area (Å²) in [6.07, 6.45) is 3.70. The van der Waals surface area contributed by atoms with E-state index in [9.17, 15) is 9.90 Å². The molecule has 2 aliphatic rings. The molecule has 0 spiro atoms. The van der Waals surface area contributed by atoms with Crippen LogP contribution in [0, 0.1) is 0 Å². The number of benzene rings is 2. The van der Waals surface area contributed by atoms with Crippen LogP contribution in [0.15, 0.2) is 60.7 Å². The highest BCUT2D eigenvalue weighted by molar-refractivity contribution is 5.70. The first-order valence-corrected chi connectivity index (χ1v) is 11.4. The molecule has 4 rings (SSSR count). The summed E-state index contributed by atoms with van der Waals surface area (Å²) in [6, 6.07) is 18.1. The van der Waals surface area contributed by atoms with Crippen molar-refractivity contribution in [3.63, 3.8) is 0 Å². The van der Waals surface area contributed by atoms with Gasteiger partial charge in [0.1, 0.15) is 5.60 Å². The van der Waals surface area contributed by atoms with E-state index in [-0.39, 0.29) is 12.1 Å². The molecule has 32 heavy (non-hydrogen) atoms. The molecule has 1 amide bonds. The third kappa shape index (κ3) is 4.89. The van der Waals surface area contributed by atoms with E-state index < -0.39 is 11.2 Å². The lowest BCUT2D eigenvalue weighted by molar-refractivity contribution is -0.101. The normalized spacial score (nSPS) is 22.8. The van der Waals surface area contributed by atoms with Gasteiger partial charge in [-0.2, -0.15) is 0 Å². The van der Waals surface area contributed by atoms with Gasteiger partial charge in [0.25, 0.3) is 0 Å². The summed E-state index contributed by atoms with van der Waals surface area (Å²) in [4.78, 5) is 15.0. The van der Waals surface area contributed by atoms with Gasteiger partial charge in [-0.3, -0.25) is 0 Å². The number of ether oxygens (including phenoxy) is 2. The number of amides is 1. The maximum absolute atomic E-state index is 13.2. The Kier molecular flexibility index (Phi) is 6.40. The fourth-order valence-corrected chi connectivity index (χ4v) is 4.84. The monoisotopic (exact) mass is 435 g/mol. The quantitative estimate of drug-likeness (QED) is 0.655. The standard InChI is InChI=1S/C27H33NO4/c1-20(21-9-11-22(12-10-21)23-13-17-31-18-14-23)28-16-15-27(32-25(28)29,19-26(2,3)30)24-7-5-4-6-8-24/h4-13,20,30H,14-19H2,1-3H3. The first-order valence-electron chi connectivity index (χ1n) is 11.4. The van der Waals surface area contributed by atoms with Gasteiger partial charge in [0.05, 0.1) is 24.9 Å². The number of nitrogens with zero attached hydrogens (tertiary/aromatic N) is 1. The van der Waals surface area contributed by atoms with Gasteiger partial charge in [-0.05, 0) is 49.5 Å². The Hall–Kier alpha value is -2.63. The molecule has 2 unspecified atom stereocenters. The van der Waals surface area contributed by atoms with Crippen molar-refractivity contribution in [3.05, 3.63) is 77.4 Å². The molecule has 5 heteroatoms. The van der Waals surface area contributed by atoms with Crippen LogP contribution >= 0.6 is 0 Å². The second-order valence-corrected chi connectivity index (χ2v) is 9.51. The third-order valence-electron chi connectivity index (χ3n) is 6.49. The Morgan fingerprint density at radius 1 is 1.12 bits per heavy atom. The van der Waals surface area contributed by atoms with Gasteiger partial charge in [0.15, 0.2) is 0 Å². The topological polar surface area (TPSA) is 59.0 Å². The highest BCUT2D eigenvalue weighted by Crippen LogP contribution is 2.42. The number of rotatable bonds is 6. The zero-order valence-corrected chi connectivity index (χ0v) is 19.2. The van der Waals surface area contributed by atoms with Crippen LogP contribution in [0.25, 0.3) is 5.57 Å². The zero-order valence-electron chi connectivity index (χ0n) is 19.2. The van der Waals surface area contributed by atoms with Crippen LogP contribution in [0.3, 0.4) is 0 Å². The molecule has 2 aromatic rings. The number of hydrogen-bond acceptors (Lipinski definition) is 4. The highest BCUT2D eigenvalue weighted by Gasteiger charge is 2.46. The van der Waals surface area contributed by atoms with E-state index in [1.165, 1.54) is 11.1 Å². The summed E-state index contributed by atoms with van der Waals surface area (Å²) in [5, 5.41) is 10.6. The summed E-state index contributed by atoms with van der Waals surface area (Å²) in [6.45, 7) is 7.55. The van der Waals surface area contributed by atoms with Crippen molar-refractivity contribution in [2.45, 2.75) is 57.3 Å². The summed E-state index contributed by atoms with van der Waals surface area (Å²) < 4.78 is 11.5. The molecule has 170 valence electrons. The van der Waals surface area contributed by atoms with E-state index in [1.54, 1.807) is 18.7 Å². The summed E-state index contributed by atoms with van der Waals surface area (Å²) in [7, 11) is 0. The molecule has 2 aromatic carbocycles. The Bertz CT molecular complexity index is 961. The second kappa shape index (κ2) is 9.08. The van der Waals surface area contributed by atoms with Gasteiger partial charge in [0, 0.05) is 19.4 Å². The van der Waals surface area contributed by atoms with Crippen LogP contribution in [0.2, 0.25) is 0 Å². The number of hydrogen-bond donors (Lipinski definition) is 1. The van der Waals surface area contributed by atoms with Crippen LogP contribution < -0.4 is 0 Å². The van der Waals surface area contributed by atoms with Gasteiger partial charge in [-0.1, -0.05) is 60.7 Å². The molecule has 0 saturated carbocycles. The predicted molar refractivity (Wildman–Crippen MR) is 125 cm³/mol. The molecular weight excluding hydrogens is 402 g/mol. The van der Waals surface area contributed by atoms with Gasteiger partial charge < -0.3 is 19.5 Å². The molecule has 0 aromatic heterocycles. The van der Waals surface area contributed by atoms with E-state index in [0.717, 1.165) is 24.2 Å². The first-order chi connectivity index (χ1) is 15.3. The minimum absolute atomic E-state index is 0.101. The van der Waals surface area contributed by atoms with Crippen LogP contribution in [0.1, 0.15) is 62.8 Å². The average molecular weight is 436 g/mol. The number of cyclic esters (lactones) is 1. The van der Waals surface area contributed by atoms with E-state index in [0.29, 0.717) is 26.0 Å². The lowest BCUT2D eigenvalue weighted by Gasteiger charge is -2.45. The van der Waals surface area contributed by atoms with Crippen molar-refractivity contribution in [2.75, 3.05) is 19.8 Å². The van der Waals surface area contributed by atoms with Crippen LogP contribution in [-0.4, -0.2) is 41.5 Å². The summed E-state index contributed by atoms with van der Waals surface area (Å²) in [5.74, 6) is 0. The van der Waals surface area contributed by atoms with Crippen molar-refractivity contribution < 1.29 is 19.4 Å². The van der Waals surface area contributed by atoms with Gasteiger partial charge in [0.2, 0.25) is 0 Å². The number of carbonyl (C=O) groups is 1. The van der Waals surface area contributed by atoms with Crippen molar-refractivity contribution in [3.8, 4) is 0 Å². The predicted octanol–water partition coefficient (Wildman–Crippen LogP) is 5.45. The van der Waals surface area contributed by atoms with E-state index in [2.05, 4.69) is 30.3 Å². The van der Waals surface area contributed by atoms with Crippen LogP contribution in [0.5, 0.6) is 0 Å². The number of carbonyl (C=O) groups excluding carboxylic acids is 1. The fourth-order valence-electron chi connectivity index (χ4n) is 4.84. The third-order valence-corrected chi connectivity index (χ3v) is 6.49. The second-order valence-electron chi connectivity index (χ2n) is 9.51. The molecule has 1 N–H and O–H groups in total. The Balaban J connectivity index is 1.52. The molecule has 5 nitrogen and oxygen atoms in total. The van der Waals surface area contributed by atoms with Crippen LogP contribution in [0.4, 0.5) is 4.79 Å². The van der Waals surface area contributed by atoms with Gasteiger partial charge >= 0.3 is 6.09 Å². The molecule has 1 saturated heterocycles. The Morgan fingerprint density at radius 3 is 2.44 bits per heavy atom. The molecule has 2 aliphatic heterocycles. The van der Waals surface area contributed by atoms with Gasteiger partial charge in [-0.15, -0.1) is 0 Å².